The maximum Gasteiger partial charge on any atom is 0.251 e. The molecule has 0 aliphatic heterocycles. The van der Waals surface area contributed by atoms with Crippen LogP contribution in [0.15, 0.2) is 53.5 Å². The molecule has 0 aliphatic carbocycles. The minimum absolute atomic E-state index is 0. The van der Waals surface area contributed by atoms with Gasteiger partial charge in [-0.1, -0.05) is 24.3 Å². The Morgan fingerprint density at radius 2 is 1.84 bits per heavy atom. The summed E-state index contributed by atoms with van der Waals surface area (Å²) in [5.41, 5.74) is 2.72. The van der Waals surface area contributed by atoms with Crippen LogP contribution in [0.5, 0.6) is 5.75 Å². The predicted octanol–water partition coefficient (Wildman–Crippen LogP) is 3.33. The van der Waals surface area contributed by atoms with Crippen molar-refractivity contribution in [3.63, 3.8) is 0 Å². The molecule has 0 atom stereocenters. The number of benzene rings is 2. The highest BCUT2D eigenvalue weighted by molar-refractivity contribution is 14.0. The van der Waals surface area contributed by atoms with Crippen LogP contribution < -0.4 is 20.7 Å². The number of hydrogen-bond acceptors (Lipinski definition) is 4. The molecule has 7 nitrogen and oxygen atoms in total. The molecule has 1 amide bonds. The van der Waals surface area contributed by atoms with E-state index >= 15 is 0 Å². The molecule has 0 radical (unpaired) electrons. The van der Waals surface area contributed by atoms with E-state index in [1.54, 1.807) is 20.2 Å². The summed E-state index contributed by atoms with van der Waals surface area (Å²) < 4.78 is 10.6. The molecule has 2 rings (SSSR count). The monoisotopic (exact) mass is 540 g/mol. The number of halogens is 1. The minimum Gasteiger partial charge on any atom is -0.497 e. The van der Waals surface area contributed by atoms with E-state index in [0.717, 1.165) is 36.4 Å². The molecule has 0 aromatic heterocycles. The summed E-state index contributed by atoms with van der Waals surface area (Å²) in [5.74, 6) is 1.44. The van der Waals surface area contributed by atoms with Crippen molar-refractivity contribution in [3.8, 4) is 5.75 Å². The van der Waals surface area contributed by atoms with Crippen LogP contribution in [0.3, 0.4) is 0 Å². The largest absolute Gasteiger partial charge is 0.497 e. The van der Waals surface area contributed by atoms with Crippen LogP contribution in [-0.2, 0) is 17.8 Å². The zero-order valence-electron chi connectivity index (χ0n) is 18.4. The molecule has 0 unspecified atom stereocenters. The Kier molecular flexibility index (Phi) is 13.3. The SMILES string of the molecule is CCOCCCNC(=NCc1cccc(C(=O)NC)c1)NCc1ccc(OC)cc1.I. The number of nitrogens with one attached hydrogen (secondary N) is 3. The summed E-state index contributed by atoms with van der Waals surface area (Å²) in [5, 5.41) is 9.35. The summed E-state index contributed by atoms with van der Waals surface area (Å²) in [6, 6.07) is 15.4. The first kappa shape index (κ1) is 26.7. The van der Waals surface area contributed by atoms with Gasteiger partial charge < -0.3 is 25.4 Å². The lowest BCUT2D eigenvalue weighted by molar-refractivity contribution is 0.0963. The van der Waals surface area contributed by atoms with E-state index in [1.165, 1.54) is 0 Å². The summed E-state index contributed by atoms with van der Waals surface area (Å²) in [4.78, 5) is 16.5. The number of guanidine groups is 1. The predicted molar refractivity (Wildman–Crippen MR) is 135 cm³/mol. The van der Waals surface area contributed by atoms with Crippen molar-refractivity contribution in [1.82, 2.24) is 16.0 Å². The Morgan fingerprint density at radius 1 is 1.06 bits per heavy atom. The topological polar surface area (TPSA) is 84.0 Å². The summed E-state index contributed by atoms with van der Waals surface area (Å²) in [6.07, 6.45) is 0.892. The molecule has 31 heavy (non-hydrogen) atoms. The number of methoxy groups -OCH3 is 1. The molecular formula is C23H33IN4O3. The Hall–Kier alpha value is -2.33. The van der Waals surface area contributed by atoms with Gasteiger partial charge in [-0.3, -0.25) is 4.79 Å². The maximum atomic E-state index is 11.8. The molecule has 0 fully saturated rings. The van der Waals surface area contributed by atoms with Crippen LogP contribution in [0.1, 0.15) is 34.8 Å². The number of carbonyl (C=O) groups is 1. The molecule has 8 heteroatoms. The van der Waals surface area contributed by atoms with Crippen LogP contribution >= 0.6 is 24.0 Å². The zero-order valence-corrected chi connectivity index (χ0v) is 20.8. The van der Waals surface area contributed by atoms with Crippen LogP contribution in [-0.4, -0.2) is 45.8 Å². The molecule has 3 N–H and O–H groups in total. The highest BCUT2D eigenvalue weighted by Gasteiger charge is 2.04. The van der Waals surface area contributed by atoms with Crippen molar-refractivity contribution in [2.75, 3.05) is 33.9 Å². The van der Waals surface area contributed by atoms with Crippen molar-refractivity contribution >= 4 is 35.8 Å². The van der Waals surface area contributed by atoms with E-state index in [-0.39, 0.29) is 29.9 Å². The molecule has 0 bridgehead atoms. The van der Waals surface area contributed by atoms with Crippen LogP contribution in [0.2, 0.25) is 0 Å². The second-order valence-electron chi connectivity index (χ2n) is 6.62. The molecular weight excluding hydrogens is 507 g/mol. The molecule has 0 spiro atoms. The fraction of sp³-hybridized carbons (Fsp3) is 0.391. The Balaban J connectivity index is 0.00000480. The molecule has 0 aliphatic rings. The van der Waals surface area contributed by atoms with Gasteiger partial charge in [-0.2, -0.15) is 0 Å². The van der Waals surface area contributed by atoms with Gasteiger partial charge in [0.05, 0.1) is 13.7 Å². The van der Waals surface area contributed by atoms with Gasteiger partial charge in [0.15, 0.2) is 5.96 Å². The number of rotatable bonds is 11. The second-order valence-corrected chi connectivity index (χ2v) is 6.62. The second kappa shape index (κ2) is 15.5. The molecule has 0 heterocycles. The van der Waals surface area contributed by atoms with E-state index in [9.17, 15) is 4.79 Å². The number of ether oxygens (including phenoxy) is 2. The van der Waals surface area contributed by atoms with Crippen molar-refractivity contribution in [2.45, 2.75) is 26.4 Å². The molecule has 170 valence electrons. The first-order chi connectivity index (χ1) is 14.7. The van der Waals surface area contributed by atoms with Crippen molar-refractivity contribution in [1.29, 1.82) is 0 Å². The van der Waals surface area contributed by atoms with Gasteiger partial charge in [0.25, 0.3) is 5.91 Å². The lowest BCUT2D eigenvalue weighted by atomic mass is 10.1. The fourth-order valence-corrected chi connectivity index (χ4v) is 2.75. The Bertz CT molecular complexity index is 813. The number of carbonyl (C=O) groups excluding carboxylic acids is 1. The third-order valence-corrected chi connectivity index (χ3v) is 4.42. The van der Waals surface area contributed by atoms with E-state index in [0.29, 0.717) is 31.2 Å². The van der Waals surface area contributed by atoms with Crippen molar-refractivity contribution in [2.24, 2.45) is 4.99 Å². The minimum atomic E-state index is -0.104. The zero-order chi connectivity index (χ0) is 21.6. The van der Waals surface area contributed by atoms with Gasteiger partial charge in [-0.15, -0.1) is 24.0 Å². The first-order valence-electron chi connectivity index (χ1n) is 10.2. The molecule has 2 aromatic carbocycles. The quantitative estimate of drug-likeness (QED) is 0.176. The molecule has 0 saturated heterocycles. The van der Waals surface area contributed by atoms with Crippen LogP contribution in [0.4, 0.5) is 0 Å². The summed E-state index contributed by atoms with van der Waals surface area (Å²) in [7, 11) is 3.28. The highest BCUT2D eigenvalue weighted by atomic mass is 127. The average Bonchev–Trinajstić information content (AvgIpc) is 2.80. The van der Waals surface area contributed by atoms with Crippen LogP contribution in [0, 0.1) is 0 Å². The van der Waals surface area contributed by atoms with Gasteiger partial charge >= 0.3 is 0 Å². The van der Waals surface area contributed by atoms with Gasteiger partial charge in [-0.25, -0.2) is 4.99 Å². The van der Waals surface area contributed by atoms with Crippen molar-refractivity contribution in [3.05, 3.63) is 65.2 Å². The smallest absolute Gasteiger partial charge is 0.251 e. The molecule has 2 aromatic rings. The first-order valence-corrected chi connectivity index (χ1v) is 10.2. The van der Waals surface area contributed by atoms with E-state index < -0.39 is 0 Å². The highest BCUT2D eigenvalue weighted by Crippen LogP contribution is 2.11. The lowest BCUT2D eigenvalue weighted by Gasteiger charge is -2.13. The number of amides is 1. The standard InChI is InChI=1S/C23H32N4O3.HI/c1-4-30-14-6-13-25-23(26-16-18-9-11-21(29-3)12-10-18)27-17-19-7-5-8-20(15-19)22(28)24-2;/h5,7-12,15H,4,6,13-14,16-17H2,1-3H3,(H,24,28)(H2,25,26,27);1H. The van der Waals surface area contributed by atoms with E-state index in [2.05, 4.69) is 20.9 Å². The van der Waals surface area contributed by atoms with Crippen molar-refractivity contribution < 1.29 is 14.3 Å². The average molecular weight is 540 g/mol. The van der Waals surface area contributed by atoms with Gasteiger partial charge in [0, 0.05) is 38.9 Å². The van der Waals surface area contributed by atoms with E-state index in [1.807, 2.05) is 49.4 Å². The normalized spacial score (nSPS) is 10.7. The van der Waals surface area contributed by atoms with Crippen LogP contribution in [0.25, 0.3) is 0 Å². The molecule has 0 saturated carbocycles. The Labute approximate surface area is 202 Å². The van der Waals surface area contributed by atoms with Gasteiger partial charge in [0.2, 0.25) is 0 Å². The van der Waals surface area contributed by atoms with E-state index in [4.69, 9.17) is 9.47 Å². The van der Waals surface area contributed by atoms with Gasteiger partial charge in [0.1, 0.15) is 5.75 Å². The summed E-state index contributed by atoms with van der Waals surface area (Å²) in [6.45, 7) is 5.28. The lowest BCUT2D eigenvalue weighted by Crippen LogP contribution is -2.37. The third-order valence-electron chi connectivity index (χ3n) is 4.42. The van der Waals surface area contributed by atoms with Gasteiger partial charge in [-0.05, 0) is 48.7 Å². The number of aliphatic imine (C=N–C) groups is 1. The maximum absolute atomic E-state index is 11.8. The number of nitrogens with zero attached hydrogens (tertiary/aromatic N) is 1. The number of hydrogen-bond donors (Lipinski definition) is 3. The Morgan fingerprint density at radius 3 is 2.52 bits per heavy atom. The fourth-order valence-electron chi connectivity index (χ4n) is 2.75. The summed E-state index contributed by atoms with van der Waals surface area (Å²) >= 11 is 0. The third kappa shape index (κ3) is 10.0.